The molecular weight excluding hydrogens is 609 g/mol. The van der Waals surface area contributed by atoms with E-state index in [4.69, 9.17) is 4.74 Å². The van der Waals surface area contributed by atoms with Gasteiger partial charge in [0.05, 0.1) is 22.7 Å². The molecule has 214 valence electrons. The van der Waals surface area contributed by atoms with Crippen LogP contribution in [0.2, 0.25) is 0 Å². The molecule has 0 spiro atoms. The standard InChI is InChI=1S/C28H39OP.C7H7.ClH.Pd/c1-21(2)29-26-19-12-13-22(3)28(26)25-18-10-11-20-27(25)30(23-14-6-4-7-15-23)24-16-8-5-9-17-24;1-7-5-3-2-4-6-7;;/h10-13,18-21,23-24H,4-9,14-17H2,1-3H3;3-6H,1H3;1H;/q;-1;;+2. The van der Waals surface area contributed by atoms with Crippen molar-refractivity contribution in [2.45, 2.75) is 109 Å². The fourth-order valence-electron chi connectivity index (χ4n) is 6.36. The summed E-state index contributed by atoms with van der Waals surface area (Å²) in [6.45, 7) is 8.59. The van der Waals surface area contributed by atoms with Gasteiger partial charge in [0.15, 0.2) is 0 Å². The molecule has 1 nitrogen and oxygen atoms in total. The van der Waals surface area contributed by atoms with Gasteiger partial charge in [0.2, 0.25) is 0 Å². The summed E-state index contributed by atoms with van der Waals surface area (Å²) in [7, 11) is 3.87. The van der Waals surface area contributed by atoms with E-state index in [9.17, 15) is 0 Å². The Morgan fingerprint density at radius 3 is 1.85 bits per heavy atom. The molecule has 0 aliphatic heterocycles. The second-order valence-electron chi connectivity index (χ2n) is 11.4. The number of halogens is 1. The van der Waals surface area contributed by atoms with Crippen molar-refractivity contribution in [3.63, 3.8) is 0 Å². The first-order valence-electron chi connectivity index (χ1n) is 14.8. The first-order valence-corrected chi connectivity index (χ1v) is 18.5. The van der Waals surface area contributed by atoms with Crippen LogP contribution in [0.4, 0.5) is 0 Å². The van der Waals surface area contributed by atoms with Gasteiger partial charge in [-0.2, -0.15) is 35.9 Å². The predicted molar refractivity (Wildman–Crippen MR) is 170 cm³/mol. The van der Waals surface area contributed by atoms with E-state index in [1.165, 1.54) is 86.5 Å². The summed E-state index contributed by atoms with van der Waals surface area (Å²) >= 11 is 2.22. The van der Waals surface area contributed by atoms with Crippen LogP contribution in [-0.4, -0.2) is 17.4 Å². The topological polar surface area (TPSA) is 9.23 Å². The zero-order valence-electron chi connectivity index (χ0n) is 24.3. The zero-order chi connectivity index (χ0) is 28.0. The predicted octanol–water partition coefficient (Wildman–Crippen LogP) is 10.4. The van der Waals surface area contributed by atoms with Crippen LogP contribution < -0.4 is 10.0 Å². The van der Waals surface area contributed by atoms with Crippen LogP contribution in [0.1, 0.15) is 89.2 Å². The minimum atomic E-state index is -0.617. The Bertz CT molecular complexity index is 1070. The summed E-state index contributed by atoms with van der Waals surface area (Å²) in [5, 5.41) is 1.70. The molecule has 3 aromatic rings. The Balaban J connectivity index is 0.000000401. The van der Waals surface area contributed by atoms with E-state index >= 15 is 0 Å². The molecule has 0 aromatic heterocycles. The Morgan fingerprint density at radius 1 is 0.769 bits per heavy atom. The number of ether oxygens (including phenoxy) is 1. The third-order valence-electron chi connectivity index (χ3n) is 8.08. The second kappa shape index (κ2) is 17.6. The average molecular weight is 657 g/mol. The van der Waals surface area contributed by atoms with Gasteiger partial charge >= 0.3 is 27.7 Å². The van der Waals surface area contributed by atoms with E-state index in [0.717, 1.165) is 17.1 Å². The van der Waals surface area contributed by atoms with Gasteiger partial charge in [-0.25, -0.2) is 0 Å². The number of benzene rings is 3. The van der Waals surface area contributed by atoms with Crippen molar-refractivity contribution in [2.24, 2.45) is 0 Å². The molecule has 0 saturated heterocycles. The first-order chi connectivity index (χ1) is 19.0. The molecule has 2 aliphatic rings. The summed E-state index contributed by atoms with van der Waals surface area (Å²) in [5.74, 6) is 1.06. The molecule has 0 radical (unpaired) electrons. The molecule has 5 rings (SSSR count). The van der Waals surface area contributed by atoms with E-state index < -0.39 is 7.92 Å². The summed E-state index contributed by atoms with van der Waals surface area (Å²) in [6.07, 6.45) is 14.7. The average Bonchev–Trinajstić information content (AvgIpc) is 2.97. The van der Waals surface area contributed by atoms with E-state index in [-0.39, 0.29) is 6.10 Å². The zero-order valence-corrected chi connectivity index (χ0v) is 27.6. The van der Waals surface area contributed by atoms with Crippen LogP contribution >= 0.6 is 17.5 Å². The van der Waals surface area contributed by atoms with Crippen molar-refractivity contribution in [3.8, 4) is 16.9 Å². The fourth-order valence-corrected chi connectivity index (χ4v) is 10.8. The second-order valence-corrected chi connectivity index (χ2v) is 14.4. The summed E-state index contributed by atoms with van der Waals surface area (Å²) in [6, 6.07) is 26.8. The minimum absolute atomic E-state index is 0.194. The van der Waals surface area contributed by atoms with Crippen LogP contribution in [0.5, 0.6) is 5.75 Å². The molecule has 0 bridgehead atoms. The van der Waals surface area contributed by atoms with E-state index in [2.05, 4.69) is 104 Å². The Hall–Kier alpha value is -1.16. The van der Waals surface area contributed by atoms with Crippen LogP contribution in [0.25, 0.3) is 11.1 Å². The monoisotopic (exact) mass is 655 g/mol. The molecule has 3 aromatic carbocycles. The molecule has 2 fully saturated rings. The fraction of sp³-hybridized carbons (Fsp3) is 0.486. The molecule has 0 atom stereocenters. The number of aryl methyl sites for hydroxylation is 2. The van der Waals surface area contributed by atoms with Gasteiger partial charge in [0, 0.05) is 19.0 Å². The van der Waals surface area contributed by atoms with Crippen molar-refractivity contribution in [1.82, 2.24) is 0 Å². The Morgan fingerprint density at radius 2 is 1.33 bits per heavy atom. The molecule has 0 amide bonds. The van der Waals surface area contributed by atoms with Crippen molar-refractivity contribution in [3.05, 3.63) is 83.9 Å². The number of hydrogen-bond donors (Lipinski definition) is 0. The summed E-state index contributed by atoms with van der Waals surface area (Å²) < 4.78 is 6.32. The summed E-state index contributed by atoms with van der Waals surface area (Å²) in [5.41, 5.74) is 7.35. The number of hydrogen-bond acceptors (Lipinski definition) is 1. The van der Waals surface area contributed by atoms with Gasteiger partial charge in [0.25, 0.3) is 0 Å². The molecule has 0 heterocycles. The molecule has 0 N–H and O–H groups in total. The van der Waals surface area contributed by atoms with Crippen LogP contribution in [0.3, 0.4) is 0 Å². The van der Waals surface area contributed by atoms with Gasteiger partial charge in [-0.05, 0) is 89.8 Å². The van der Waals surface area contributed by atoms with Gasteiger partial charge in [0.1, 0.15) is 5.75 Å². The molecular formula is C35H47ClOPPd+. The van der Waals surface area contributed by atoms with E-state index in [1.54, 1.807) is 5.30 Å². The molecule has 2 aliphatic carbocycles. The Kier molecular flexibility index (Phi) is 14.6. The van der Waals surface area contributed by atoms with Crippen LogP contribution in [-0.2, 0) is 18.2 Å². The van der Waals surface area contributed by atoms with Crippen LogP contribution in [0, 0.1) is 19.9 Å². The van der Waals surface area contributed by atoms with Gasteiger partial charge in [-0.15, -0.1) is 0 Å². The third kappa shape index (κ3) is 9.72. The maximum atomic E-state index is 6.32. The molecule has 39 heavy (non-hydrogen) atoms. The summed E-state index contributed by atoms with van der Waals surface area (Å²) in [4.78, 5) is 0. The normalized spacial score (nSPS) is 16.2. The molecule has 4 heteroatoms. The Labute approximate surface area is 254 Å². The van der Waals surface area contributed by atoms with Gasteiger partial charge < -0.3 is 4.74 Å². The van der Waals surface area contributed by atoms with Gasteiger partial charge in [-0.3, -0.25) is 0 Å². The first kappa shape index (κ1) is 32.4. The van der Waals surface area contributed by atoms with Crippen molar-refractivity contribution in [1.29, 1.82) is 0 Å². The van der Waals surface area contributed by atoms with E-state index in [1.807, 2.05) is 24.3 Å². The van der Waals surface area contributed by atoms with Crippen LogP contribution in [0.15, 0.2) is 66.7 Å². The molecule has 2 saturated carbocycles. The van der Waals surface area contributed by atoms with Gasteiger partial charge in [-0.1, -0.05) is 50.1 Å². The quantitative estimate of drug-likeness (QED) is 0.146. The van der Waals surface area contributed by atoms with Crippen molar-refractivity contribution < 1.29 is 22.9 Å². The van der Waals surface area contributed by atoms with Crippen molar-refractivity contribution in [2.75, 3.05) is 0 Å². The number of rotatable bonds is 6. The SMILES string of the molecule is Cc1cc[c-]cc1.Cc1cccc(OC(C)C)c1-c1ccccc1[PH+](C1CCCCC1)C1CCCCC1.[Cl][Pd+]. The third-order valence-corrected chi connectivity index (χ3v) is 12.1. The maximum absolute atomic E-state index is 6.32. The van der Waals surface area contributed by atoms with Crippen molar-refractivity contribution >= 4 is 22.8 Å². The van der Waals surface area contributed by atoms with E-state index in [0.29, 0.717) is 0 Å². The molecule has 0 unspecified atom stereocenters.